The van der Waals surface area contributed by atoms with E-state index in [1.54, 1.807) is 0 Å². The molecule has 0 bridgehead atoms. The second-order valence-electron chi connectivity index (χ2n) is 7.42. The van der Waals surface area contributed by atoms with Crippen LogP contribution in [0.25, 0.3) is 22.3 Å². The number of fused-ring (bicyclic) bond motifs is 1. The minimum absolute atomic E-state index is 0.115. The second kappa shape index (κ2) is 8.42. The fourth-order valence-corrected chi connectivity index (χ4v) is 3.49. The first-order chi connectivity index (χ1) is 15.6. The van der Waals surface area contributed by atoms with Crippen LogP contribution in [0, 0.1) is 0 Å². The molecule has 5 atom stereocenters. The van der Waals surface area contributed by atoms with E-state index in [1.165, 1.54) is 24.3 Å². The van der Waals surface area contributed by atoms with E-state index in [1.807, 2.05) is 0 Å². The Morgan fingerprint density at radius 3 is 2.18 bits per heavy atom. The molecule has 1 aliphatic heterocycles. The van der Waals surface area contributed by atoms with Crippen molar-refractivity contribution in [2.45, 2.75) is 30.7 Å². The Kier molecular flexibility index (Phi) is 5.78. The van der Waals surface area contributed by atoms with Gasteiger partial charge in [0.1, 0.15) is 41.3 Å². The van der Waals surface area contributed by atoms with Crippen molar-refractivity contribution in [2.75, 3.05) is 6.61 Å². The van der Waals surface area contributed by atoms with Crippen molar-refractivity contribution in [3.05, 3.63) is 40.6 Å². The van der Waals surface area contributed by atoms with E-state index in [4.69, 9.17) is 13.9 Å². The van der Waals surface area contributed by atoms with Crippen LogP contribution in [-0.2, 0) is 4.74 Å². The summed E-state index contributed by atoms with van der Waals surface area (Å²) in [7, 11) is 0. The first-order valence-corrected chi connectivity index (χ1v) is 9.65. The standard InChI is InChI=1S/C21H20O12/c22-6-11-14(26)16(28)18(30)21(32-11)31-8-3-1-7(2-4-8)19-17(29)15(27)12-9(23)5-10(24)13(25)20(12)33-19/h1-5,11,14,16,18,21-26,28-30H,6H2/t11-,14-,16+,18-,21-/m1/s1. The van der Waals surface area contributed by atoms with Gasteiger partial charge in [-0.3, -0.25) is 4.79 Å². The summed E-state index contributed by atoms with van der Waals surface area (Å²) in [5, 5.41) is 78.3. The molecule has 0 unspecified atom stereocenters. The summed E-state index contributed by atoms with van der Waals surface area (Å²) in [6.07, 6.45) is -7.35. The Bertz CT molecular complexity index is 1230. The molecule has 0 radical (unpaired) electrons. The van der Waals surface area contributed by atoms with Gasteiger partial charge in [0.05, 0.1) is 6.61 Å². The fourth-order valence-electron chi connectivity index (χ4n) is 3.49. The molecule has 0 amide bonds. The van der Waals surface area contributed by atoms with Gasteiger partial charge in [0, 0.05) is 11.6 Å². The zero-order chi connectivity index (χ0) is 24.0. The quantitative estimate of drug-likeness (QED) is 0.181. The maximum absolute atomic E-state index is 12.5. The maximum Gasteiger partial charge on any atom is 0.238 e. The molecule has 12 nitrogen and oxygen atoms in total. The molecule has 3 aromatic rings. The van der Waals surface area contributed by atoms with Crippen molar-refractivity contribution in [1.29, 1.82) is 0 Å². The smallest absolute Gasteiger partial charge is 0.238 e. The van der Waals surface area contributed by atoms with Crippen LogP contribution < -0.4 is 10.2 Å². The Balaban J connectivity index is 1.66. The molecule has 33 heavy (non-hydrogen) atoms. The number of phenols is 3. The van der Waals surface area contributed by atoms with Crippen LogP contribution in [0.1, 0.15) is 0 Å². The lowest BCUT2D eigenvalue weighted by atomic mass is 9.99. The average molecular weight is 464 g/mol. The van der Waals surface area contributed by atoms with Crippen LogP contribution in [0.2, 0.25) is 0 Å². The second-order valence-corrected chi connectivity index (χ2v) is 7.42. The summed E-state index contributed by atoms with van der Waals surface area (Å²) < 4.78 is 16.1. The number of phenolic OH excluding ortho intramolecular Hbond substituents is 3. The number of benzene rings is 2. The third-order valence-electron chi connectivity index (χ3n) is 5.29. The van der Waals surface area contributed by atoms with Gasteiger partial charge >= 0.3 is 0 Å². The van der Waals surface area contributed by atoms with E-state index in [9.17, 15) is 45.6 Å². The summed E-state index contributed by atoms with van der Waals surface area (Å²) in [4.78, 5) is 12.5. The molecule has 176 valence electrons. The predicted molar refractivity (Wildman–Crippen MR) is 109 cm³/mol. The van der Waals surface area contributed by atoms with Gasteiger partial charge in [-0.15, -0.1) is 0 Å². The van der Waals surface area contributed by atoms with E-state index < -0.39 is 76.7 Å². The first kappa shape index (κ1) is 22.6. The van der Waals surface area contributed by atoms with Crippen LogP contribution in [-0.4, -0.2) is 78.2 Å². The van der Waals surface area contributed by atoms with Crippen molar-refractivity contribution in [2.24, 2.45) is 0 Å². The highest BCUT2D eigenvalue weighted by atomic mass is 16.7. The Labute approximate surface area is 184 Å². The van der Waals surface area contributed by atoms with Gasteiger partial charge in [0.15, 0.2) is 17.1 Å². The van der Waals surface area contributed by atoms with Crippen LogP contribution in [0.15, 0.2) is 39.5 Å². The van der Waals surface area contributed by atoms with E-state index in [0.717, 1.165) is 6.07 Å². The van der Waals surface area contributed by atoms with Gasteiger partial charge in [0.2, 0.25) is 23.2 Å². The van der Waals surface area contributed by atoms with Crippen molar-refractivity contribution in [1.82, 2.24) is 0 Å². The van der Waals surface area contributed by atoms with Crippen molar-refractivity contribution < 1.29 is 54.7 Å². The Hall–Kier alpha value is -3.55. The SMILES string of the molecule is O=c1c(O)c(-c2ccc(O[C@@H]3O[C@H](CO)[C@@H](O)[C@H](O)[C@H]3O)cc2)oc2c(O)c(O)cc(O)c12. The van der Waals surface area contributed by atoms with Crippen molar-refractivity contribution in [3.8, 4) is 40.1 Å². The summed E-state index contributed by atoms with van der Waals surface area (Å²) in [5.74, 6) is -3.34. The zero-order valence-electron chi connectivity index (χ0n) is 16.7. The Morgan fingerprint density at radius 1 is 0.879 bits per heavy atom. The molecule has 0 aliphatic carbocycles. The molecule has 2 aromatic carbocycles. The van der Waals surface area contributed by atoms with Crippen molar-refractivity contribution in [3.63, 3.8) is 0 Å². The molecule has 0 saturated carbocycles. The van der Waals surface area contributed by atoms with Gasteiger partial charge in [-0.05, 0) is 24.3 Å². The molecule has 0 spiro atoms. The molecule has 1 aliphatic rings. The number of rotatable bonds is 4. The number of ether oxygens (including phenoxy) is 2. The van der Waals surface area contributed by atoms with E-state index >= 15 is 0 Å². The molecule has 4 rings (SSSR count). The van der Waals surface area contributed by atoms with Crippen LogP contribution in [0.4, 0.5) is 0 Å². The lowest BCUT2D eigenvalue weighted by molar-refractivity contribution is -0.277. The van der Waals surface area contributed by atoms with Crippen molar-refractivity contribution >= 4 is 11.0 Å². The predicted octanol–water partition coefficient (Wildman–Crippen LogP) is -0.539. The monoisotopic (exact) mass is 464 g/mol. The van der Waals surface area contributed by atoms with Crippen LogP contribution >= 0.6 is 0 Å². The fraction of sp³-hybridized carbons (Fsp3) is 0.286. The van der Waals surface area contributed by atoms with Crippen LogP contribution in [0.3, 0.4) is 0 Å². The van der Waals surface area contributed by atoms with Gasteiger partial charge in [-0.1, -0.05) is 0 Å². The molecule has 2 heterocycles. The molecule has 1 saturated heterocycles. The molecule has 12 heteroatoms. The van der Waals surface area contributed by atoms with Gasteiger partial charge in [-0.25, -0.2) is 0 Å². The number of hydrogen-bond donors (Lipinski definition) is 8. The lowest BCUT2D eigenvalue weighted by Crippen LogP contribution is -2.60. The normalized spacial score (nSPS) is 25.3. The van der Waals surface area contributed by atoms with Gasteiger partial charge in [-0.2, -0.15) is 0 Å². The minimum Gasteiger partial charge on any atom is -0.507 e. The van der Waals surface area contributed by atoms with E-state index in [2.05, 4.69) is 0 Å². The van der Waals surface area contributed by atoms with E-state index in [0.29, 0.717) is 0 Å². The van der Waals surface area contributed by atoms with Gasteiger partial charge < -0.3 is 54.7 Å². The summed E-state index contributed by atoms with van der Waals surface area (Å²) in [5.41, 5.74) is -1.43. The third-order valence-corrected chi connectivity index (χ3v) is 5.29. The molecular weight excluding hydrogens is 444 g/mol. The highest BCUT2D eigenvalue weighted by molar-refractivity contribution is 5.92. The van der Waals surface area contributed by atoms with Gasteiger partial charge in [0.25, 0.3) is 0 Å². The maximum atomic E-state index is 12.5. The van der Waals surface area contributed by atoms with Crippen LogP contribution in [0.5, 0.6) is 28.7 Å². The largest absolute Gasteiger partial charge is 0.507 e. The molecule has 8 N–H and O–H groups in total. The number of aromatic hydroxyl groups is 4. The molecule has 1 fully saturated rings. The first-order valence-electron chi connectivity index (χ1n) is 9.65. The number of hydrogen-bond acceptors (Lipinski definition) is 12. The minimum atomic E-state index is -1.62. The topological polar surface area (TPSA) is 211 Å². The number of aliphatic hydroxyl groups is 4. The average Bonchev–Trinajstić information content (AvgIpc) is 2.80. The summed E-state index contributed by atoms with van der Waals surface area (Å²) in [6.45, 7) is -0.623. The summed E-state index contributed by atoms with van der Waals surface area (Å²) in [6, 6.07) is 6.13. The third kappa shape index (κ3) is 3.79. The molecule has 1 aromatic heterocycles. The zero-order valence-corrected chi connectivity index (χ0v) is 16.7. The highest BCUT2D eigenvalue weighted by Gasteiger charge is 2.44. The lowest BCUT2D eigenvalue weighted by Gasteiger charge is -2.39. The number of aliphatic hydroxyl groups excluding tert-OH is 4. The van der Waals surface area contributed by atoms with E-state index in [-0.39, 0.29) is 17.1 Å². The Morgan fingerprint density at radius 2 is 1.55 bits per heavy atom. The highest BCUT2D eigenvalue weighted by Crippen LogP contribution is 2.41. The summed E-state index contributed by atoms with van der Waals surface area (Å²) >= 11 is 0. The molecular formula is C21H20O12.